The second-order valence-corrected chi connectivity index (χ2v) is 4.66. The molecule has 3 rings (SSSR count). The predicted octanol–water partition coefficient (Wildman–Crippen LogP) is 2.73. The van der Waals surface area contributed by atoms with Crippen LogP contribution in [-0.4, -0.2) is 18.2 Å². The lowest BCUT2D eigenvalue weighted by Gasteiger charge is -2.11. The summed E-state index contributed by atoms with van der Waals surface area (Å²) in [5, 5.41) is 10.2. The van der Waals surface area contributed by atoms with Crippen LogP contribution in [0.25, 0.3) is 11.0 Å². The number of hydrogen-bond donors (Lipinski definition) is 1. The van der Waals surface area contributed by atoms with E-state index in [1.807, 2.05) is 0 Å². The van der Waals surface area contributed by atoms with Crippen molar-refractivity contribution in [3.8, 4) is 17.2 Å². The minimum Gasteiger partial charge on any atom is -0.499 e. The second-order valence-electron chi connectivity index (χ2n) is 4.66. The highest BCUT2D eigenvalue weighted by Crippen LogP contribution is 2.38. The number of hydrogen-bond acceptors (Lipinski definition) is 6. The van der Waals surface area contributed by atoms with E-state index in [9.17, 15) is 14.7 Å². The summed E-state index contributed by atoms with van der Waals surface area (Å²) in [4.78, 5) is 23.9. The van der Waals surface area contributed by atoms with Crippen molar-refractivity contribution in [3.63, 3.8) is 0 Å². The first-order valence-electron chi connectivity index (χ1n) is 6.72. The molecule has 6 nitrogen and oxygen atoms in total. The van der Waals surface area contributed by atoms with Gasteiger partial charge in [-0.15, -0.1) is 0 Å². The van der Waals surface area contributed by atoms with E-state index in [1.54, 1.807) is 42.5 Å². The van der Waals surface area contributed by atoms with Crippen LogP contribution < -0.4 is 15.1 Å². The highest BCUT2D eigenvalue weighted by Gasteiger charge is 2.22. The number of fused-ring (bicyclic) bond motifs is 1. The van der Waals surface area contributed by atoms with Crippen molar-refractivity contribution in [2.24, 2.45) is 0 Å². The van der Waals surface area contributed by atoms with Gasteiger partial charge in [0.15, 0.2) is 5.75 Å². The Balaban J connectivity index is 2.18. The first kappa shape index (κ1) is 14.6. The van der Waals surface area contributed by atoms with Gasteiger partial charge in [-0.05, 0) is 24.3 Å². The Morgan fingerprint density at radius 3 is 2.52 bits per heavy atom. The zero-order chi connectivity index (χ0) is 16.4. The molecule has 0 unspecified atom stereocenters. The van der Waals surface area contributed by atoms with Gasteiger partial charge in [0.25, 0.3) is 0 Å². The van der Waals surface area contributed by atoms with Gasteiger partial charge in [0.05, 0.1) is 12.7 Å². The highest BCUT2D eigenvalue weighted by molar-refractivity contribution is 5.97. The van der Waals surface area contributed by atoms with Crippen LogP contribution in [0, 0.1) is 0 Å². The van der Waals surface area contributed by atoms with Crippen LogP contribution in [0.4, 0.5) is 0 Å². The normalized spacial score (nSPS) is 10.5. The molecule has 0 saturated heterocycles. The van der Waals surface area contributed by atoms with Gasteiger partial charge in [0, 0.05) is 0 Å². The molecule has 0 saturated carbocycles. The largest absolute Gasteiger partial charge is 0.499 e. The maximum absolute atomic E-state index is 12.2. The maximum Gasteiger partial charge on any atom is 0.382 e. The van der Waals surface area contributed by atoms with Crippen LogP contribution in [0.15, 0.2) is 57.7 Å². The Labute approximate surface area is 130 Å². The molecule has 6 heteroatoms. The Hall–Kier alpha value is -3.28. The summed E-state index contributed by atoms with van der Waals surface area (Å²) in [7, 11) is 1.42. The van der Waals surface area contributed by atoms with E-state index < -0.39 is 17.3 Å². The Morgan fingerprint density at radius 1 is 1.09 bits per heavy atom. The average molecular weight is 312 g/mol. The van der Waals surface area contributed by atoms with Crippen LogP contribution >= 0.6 is 0 Å². The molecule has 0 aliphatic carbocycles. The zero-order valence-electron chi connectivity index (χ0n) is 12.1. The molecule has 0 fully saturated rings. The maximum atomic E-state index is 12.2. The number of carbonyl (C=O) groups is 1. The van der Waals surface area contributed by atoms with Crippen molar-refractivity contribution in [2.45, 2.75) is 0 Å². The lowest BCUT2D eigenvalue weighted by Crippen LogP contribution is -2.11. The van der Waals surface area contributed by atoms with Crippen molar-refractivity contribution in [1.29, 1.82) is 0 Å². The van der Waals surface area contributed by atoms with Crippen LogP contribution in [0.5, 0.6) is 17.2 Å². The summed E-state index contributed by atoms with van der Waals surface area (Å²) in [6.45, 7) is 0. The molecule has 1 N–H and O–H groups in total. The summed E-state index contributed by atoms with van der Waals surface area (Å²) in [5.74, 6) is -1.48. The lowest BCUT2D eigenvalue weighted by molar-refractivity contribution is 0.0731. The van der Waals surface area contributed by atoms with E-state index in [-0.39, 0.29) is 22.3 Å². The van der Waals surface area contributed by atoms with Gasteiger partial charge in [-0.2, -0.15) is 0 Å². The van der Waals surface area contributed by atoms with Gasteiger partial charge in [0.1, 0.15) is 16.7 Å². The number of aromatic hydroxyl groups is 1. The van der Waals surface area contributed by atoms with Gasteiger partial charge in [-0.3, -0.25) is 0 Å². The van der Waals surface area contributed by atoms with Crippen molar-refractivity contribution in [1.82, 2.24) is 0 Å². The molecule has 1 aromatic heterocycles. The smallest absolute Gasteiger partial charge is 0.382 e. The molecule has 0 spiro atoms. The molecule has 116 valence electrons. The molecule has 3 aromatic rings. The molecule has 1 heterocycles. The average Bonchev–Trinajstić information content (AvgIpc) is 2.58. The van der Waals surface area contributed by atoms with Gasteiger partial charge in [0.2, 0.25) is 5.75 Å². The molecule has 0 radical (unpaired) electrons. The highest BCUT2D eigenvalue weighted by atomic mass is 16.5. The number of rotatable bonds is 3. The molecule has 2 aromatic carbocycles. The molecule has 0 atom stereocenters. The predicted molar refractivity (Wildman–Crippen MR) is 82.1 cm³/mol. The van der Waals surface area contributed by atoms with Crippen LogP contribution in [0.3, 0.4) is 0 Å². The van der Waals surface area contributed by atoms with Crippen LogP contribution in [0.2, 0.25) is 0 Å². The molecule has 0 aliphatic rings. The third-order valence-electron chi connectivity index (χ3n) is 3.25. The first-order chi connectivity index (χ1) is 11.1. The molecule has 0 aliphatic heterocycles. The fourth-order valence-corrected chi connectivity index (χ4v) is 2.17. The van der Waals surface area contributed by atoms with Crippen LogP contribution in [0.1, 0.15) is 10.4 Å². The molecule has 23 heavy (non-hydrogen) atoms. The monoisotopic (exact) mass is 312 g/mol. The van der Waals surface area contributed by atoms with E-state index in [2.05, 4.69) is 0 Å². The summed E-state index contributed by atoms with van der Waals surface area (Å²) >= 11 is 0. The van der Waals surface area contributed by atoms with Gasteiger partial charge in [-0.25, -0.2) is 9.59 Å². The zero-order valence-corrected chi connectivity index (χ0v) is 12.1. The van der Waals surface area contributed by atoms with E-state index in [4.69, 9.17) is 13.9 Å². The Kier molecular flexibility index (Phi) is 3.72. The van der Waals surface area contributed by atoms with E-state index in [0.717, 1.165) is 0 Å². The minimum absolute atomic E-state index is 0.142. The molecule has 0 bridgehead atoms. The third-order valence-corrected chi connectivity index (χ3v) is 3.25. The van der Waals surface area contributed by atoms with Crippen molar-refractivity contribution in [2.75, 3.05) is 7.11 Å². The topological polar surface area (TPSA) is 86.0 Å². The van der Waals surface area contributed by atoms with Crippen LogP contribution in [-0.2, 0) is 0 Å². The molecular formula is C17H12O6. The summed E-state index contributed by atoms with van der Waals surface area (Å²) < 4.78 is 15.4. The standard InChI is InChI=1S/C17H12O6/c1-21-11-8-5-9-12-13(11)15(14(18)17(20)22-12)23-16(19)10-6-3-2-4-7-10/h2-9,18H,1H3. The Bertz CT molecular complexity index is 927. The number of carbonyl (C=O) groups excluding carboxylic acids is 1. The molecular weight excluding hydrogens is 300 g/mol. The fourth-order valence-electron chi connectivity index (χ4n) is 2.17. The van der Waals surface area contributed by atoms with E-state index in [0.29, 0.717) is 5.75 Å². The van der Waals surface area contributed by atoms with Gasteiger partial charge in [-0.1, -0.05) is 24.3 Å². The quantitative estimate of drug-likeness (QED) is 0.591. The van der Waals surface area contributed by atoms with E-state index in [1.165, 1.54) is 13.2 Å². The minimum atomic E-state index is -0.999. The first-order valence-corrected chi connectivity index (χ1v) is 6.72. The number of esters is 1. The molecule has 0 amide bonds. The van der Waals surface area contributed by atoms with Gasteiger partial charge >= 0.3 is 11.6 Å². The van der Waals surface area contributed by atoms with Crippen molar-refractivity contribution >= 4 is 16.9 Å². The van der Waals surface area contributed by atoms with E-state index >= 15 is 0 Å². The SMILES string of the molecule is COc1cccc2oc(=O)c(O)c(OC(=O)c3ccccc3)c12. The second kappa shape index (κ2) is 5.84. The van der Waals surface area contributed by atoms with Crippen molar-refractivity contribution < 1.29 is 23.8 Å². The lowest BCUT2D eigenvalue weighted by atomic mass is 10.2. The number of methoxy groups -OCH3 is 1. The van der Waals surface area contributed by atoms with Gasteiger partial charge < -0.3 is 19.0 Å². The van der Waals surface area contributed by atoms with Crippen molar-refractivity contribution in [3.05, 3.63) is 64.5 Å². The number of ether oxygens (including phenoxy) is 2. The summed E-state index contributed by atoms with van der Waals surface area (Å²) in [5.41, 5.74) is -0.576. The number of benzene rings is 2. The summed E-state index contributed by atoms with van der Waals surface area (Å²) in [6, 6.07) is 12.9. The summed E-state index contributed by atoms with van der Waals surface area (Å²) in [6.07, 6.45) is 0. The fraction of sp³-hybridized carbons (Fsp3) is 0.0588. The Morgan fingerprint density at radius 2 is 1.83 bits per heavy atom. The third kappa shape index (κ3) is 2.62.